The number of rotatable bonds is 4. The number of aryl methyl sites for hydroxylation is 1. The number of aliphatic hydroxyl groups excluding tert-OH is 1. The van der Waals surface area contributed by atoms with E-state index in [-0.39, 0.29) is 6.10 Å². The largest absolute Gasteiger partial charge is 0.393 e. The van der Waals surface area contributed by atoms with E-state index in [0.717, 1.165) is 6.42 Å². The van der Waals surface area contributed by atoms with Gasteiger partial charge in [0.2, 0.25) is 0 Å². The van der Waals surface area contributed by atoms with Crippen LogP contribution in [0, 0.1) is 5.92 Å². The zero-order chi connectivity index (χ0) is 12.1. The molecule has 1 fully saturated rings. The van der Waals surface area contributed by atoms with Gasteiger partial charge in [-0.05, 0) is 17.6 Å². The third-order valence-corrected chi connectivity index (χ3v) is 3.55. The summed E-state index contributed by atoms with van der Waals surface area (Å²) in [5, 5.41) is 21.8. The van der Waals surface area contributed by atoms with Crippen molar-refractivity contribution in [3.05, 3.63) is 5.82 Å². The molecule has 5 nitrogen and oxygen atoms in total. The fraction of sp³-hybridized carbons (Fsp3) is 0.917. The molecule has 0 radical (unpaired) electrons. The van der Waals surface area contributed by atoms with Crippen LogP contribution in [0.4, 0.5) is 0 Å². The van der Waals surface area contributed by atoms with Gasteiger partial charge in [0.15, 0.2) is 5.82 Å². The van der Waals surface area contributed by atoms with Crippen LogP contribution < -0.4 is 0 Å². The molecule has 1 aromatic heterocycles. The summed E-state index contributed by atoms with van der Waals surface area (Å²) in [6.07, 6.45) is 9.00. The predicted octanol–water partition coefficient (Wildman–Crippen LogP) is 1.47. The number of tetrazole rings is 1. The van der Waals surface area contributed by atoms with Crippen molar-refractivity contribution in [1.82, 2.24) is 20.2 Å². The molecule has 1 N–H and O–H groups in total. The highest BCUT2D eigenvalue weighted by Gasteiger charge is 2.18. The predicted molar refractivity (Wildman–Crippen MR) is 64.3 cm³/mol. The van der Waals surface area contributed by atoms with E-state index in [9.17, 15) is 5.11 Å². The molecule has 1 atom stereocenters. The summed E-state index contributed by atoms with van der Waals surface area (Å²) in [7, 11) is 1.74. The Morgan fingerprint density at radius 3 is 2.59 bits per heavy atom. The lowest BCUT2D eigenvalue weighted by Gasteiger charge is -2.17. The van der Waals surface area contributed by atoms with Gasteiger partial charge in [0, 0.05) is 6.42 Å². The van der Waals surface area contributed by atoms with Crippen LogP contribution in [0.1, 0.15) is 50.8 Å². The molecule has 1 aliphatic rings. The Hall–Kier alpha value is -0.970. The molecule has 96 valence electrons. The lowest BCUT2D eigenvalue weighted by Crippen LogP contribution is -2.17. The molecule has 2 rings (SSSR count). The summed E-state index contributed by atoms with van der Waals surface area (Å²) in [5.74, 6) is 1.33. The molecule has 17 heavy (non-hydrogen) atoms. The maximum atomic E-state index is 10.0. The van der Waals surface area contributed by atoms with Crippen LogP contribution in [0.3, 0.4) is 0 Å². The maximum absolute atomic E-state index is 10.0. The van der Waals surface area contributed by atoms with Gasteiger partial charge in [-0.25, -0.2) is 0 Å². The molecule has 1 unspecified atom stereocenters. The highest BCUT2D eigenvalue weighted by Crippen LogP contribution is 2.26. The molecule has 0 aromatic carbocycles. The molecule has 0 bridgehead atoms. The Morgan fingerprint density at radius 2 is 2.00 bits per heavy atom. The lowest BCUT2D eigenvalue weighted by atomic mass is 9.92. The van der Waals surface area contributed by atoms with Crippen molar-refractivity contribution in [1.29, 1.82) is 0 Å². The molecular weight excluding hydrogens is 216 g/mol. The van der Waals surface area contributed by atoms with Crippen molar-refractivity contribution in [3.8, 4) is 0 Å². The normalized spacial score (nSPS) is 20.1. The fourth-order valence-electron chi connectivity index (χ4n) is 2.68. The van der Waals surface area contributed by atoms with Gasteiger partial charge in [0.05, 0.1) is 13.2 Å². The highest BCUT2D eigenvalue weighted by atomic mass is 16.3. The second kappa shape index (κ2) is 6.10. The quantitative estimate of drug-likeness (QED) is 0.807. The summed E-state index contributed by atoms with van der Waals surface area (Å²) in [4.78, 5) is 1.44. The van der Waals surface area contributed by atoms with E-state index in [0.29, 0.717) is 18.2 Å². The molecule has 0 spiro atoms. The van der Waals surface area contributed by atoms with Crippen molar-refractivity contribution in [2.75, 3.05) is 0 Å². The minimum absolute atomic E-state index is 0.317. The average molecular weight is 238 g/mol. The SMILES string of the molecule is Cn1nnc(CC(O)CC2CCCCCC2)n1. The van der Waals surface area contributed by atoms with Crippen molar-refractivity contribution in [3.63, 3.8) is 0 Å². The Labute approximate surface area is 102 Å². The molecular formula is C12H22N4O. The van der Waals surface area contributed by atoms with Crippen LogP contribution in [0.2, 0.25) is 0 Å². The third-order valence-electron chi connectivity index (χ3n) is 3.55. The van der Waals surface area contributed by atoms with Crippen molar-refractivity contribution in [2.45, 2.75) is 57.5 Å². The molecule has 0 aliphatic heterocycles. The first-order valence-electron chi connectivity index (χ1n) is 6.65. The monoisotopic (exact) mass is 238 g/mol. The molecule has 1 aromatic rings. The van der Waals surface area contributed by atoms with Crippen LogP contribution in [0.5, 0.6) is 0 Å². The lowest BCUT2D eigenvalue weighted by molar-refractivity contribution is 0.135. The minimum Gasteiger partial charge on any atom is -0.393 e. The average Bonchev–Trinajstić information content (AvgIpc) is 2.53. The number of nitrogens with zero attached hydrogens (tertiary/aromatic N) is 4. The summed E-state index contributed by atoms with van der Waals surface area (Å²) in [5.41, 5.74) is 0. The number of hydrogen-bond acceptors (Lipinski definition) is 4. The van der Waals surface area contributed by atoms with Crippen LogP contribution in [-0.4, -0.2) is 31.4 Å². The highest BCUT2D eigenvalue weighted by molar-refractivity contribution is 4.82. The van der Waals surface area contributed by atoms with Gasteiger partial charge in [-0.3, -0.25) is 0 Å². The van der Waals surface area contributed by atoms with Gasteiger partial charge < -0.3 is 5.11 Å². The molecule has 1 heterocycles. The molecule has 0 saturated heterocycles. The molecule has 5 heteroatoms. The van der Waals surface area contributed by atoms with Crippen LogP contribution >= 0.6 is 0 Å². The van der Waals surface area contributed by atoms with Gasteiger partial charge in [-0.2, -0.15) is 4.80 Å². The van der Waals surface area contributed by atoms with E-state index in [1.165, 1.54) is 43.3 Å². The van der Waals surface area contributed by atoms with E-state index in [2.05, 4.69) is 15.4 Å². The smallest absolute Gasteiger partial charge is 0.177 e. The number of aromatic nitrogens is 4. The second-order valence-electron chi connectivity index (χ2n) is 5.15. The standard InChI is InChI=1S/C12H22N4O/c1-16-14-12(13-15-16)9-11(17)8-10-6-4-2-3-5-7-10/h10-11,17H,2-9H2,1H3. The van der Waals surface area contributed by atoms with Crippen molar-refractivity contribution < 1.29 is 5.11 Å². The van der Waals surface area contributed by atoms with Crippen molar-refractivity contribution >= 4 is 0 Å². The van der Waals surface area contributed by atoms with E-state index in [4.69, 9.17) is 0 Å². The van der Waals surface area contributed by atoms with Gasteiger partial charge in [-0.15, -0.1) is 10.2 Å². The summed E-state index contributed by atoms with van der Waals surface area (Å²) >= 11 is 0. The second-order valence-corrected chi connectivity index (χ2v) is 5.15. The van der Waals surface area contributed by atoms with Gasteiger partial charge in [0.25, 0.3) is 0 Å². The van der Waals surface area contributed by atoms with E-state index < -0.39 is 0 Å². The van der Waals surface area contributed by atoms with E-state index >= 15 is 0 Å². The minimum atomic E-state index is -0.317. The first-order chi connectivity index (χ1) is 8.24. The van der Waals surface area contributed by atoms with E-state index in [1.807, 2.05) is 0 Å². The van der Waals surface area contributed by atoms with Crippen LogP contribution in [0.25, 0.3) is 0 Å². The van der Waals surface area contributed by atoms with Crippen molar-refractivity contribution in [2.24, 2.45) is 13.0 Å². The molecule has 1 saturated carbocycles. The zero-order valence-corrected chi connectivity index (χ0v) is 10.5. The van der Waals surface area contributed by atoms with Gasteiger partial charge in [0.1, 0.15) is 0 Å². The molecule has 0 amide bonds. The Balaban J connectivity index is 1.77. The van der Waals surface area contributed by atoms with Gasteiger partial charge in [-0.1, -0.05) is 38.5 Å². The summed E-state index contributed by atoms with van der Waals surface area (Å²) in [6.45, 7) is 0. The Kier molecular flexibility index (Phi) is 4.48. The fourth-order valence-corrected chi connectivity index (χ4v) is 2.68. The molecule has 1 aliphatic carbocycles. The Bertz CT molecular complexity index is 331. The first-order valence-corrected chi connectivity index (χ1v) is 6.65. The van der Waals surface area contributed by atoms with Crippen LogP contribution in [-0.2, 0) is 13.5 Å². The number of aliphatic hydroxyl groups is 1. The number of hydrogen-bond donors (Lipinski definition) is 1. The van der Waals surface area contributed by atoms with E-state index in [1.54, 1.807) is 7.05 Å². The van der Waals surface area contributed by atoms with Gasteiger partial charge >= 0.3 is 0 Å². The third kappa shape index (κ3) is 4.07. The summed E-state index contributed by atoms with van der Waals surface area (Å²) in [6, 6.07) is 0. The summed E-state index contributed by atoms with van der Waals surface area (Å²) < 4.78 is 0. The topological polar surface area (TPSA) is 63.8 Å². The Morgan fingerprint density at radius 1 is 1.29 bits per heavy atom. The zero-order valence-electron chi connectivity index (χ0n) is 10.5. The van der Waals surface area contributed by atoms with Crippen LogP contribution in [0.15, 0.2) is 0 Å². The first kappa shape index (κ1) is 12.5. The maximum Gasteiger partial charge on any atom is 0.177 e.